The van der Waals surface area contributed by atoms with Gasteiger partial charge in [-0.05, 0) is 31.6 Å². The Morgan fingerprint density at radius 2 is 0.895 bits per heavy atom. The summed E-state index contributed by atoms with van der Waals surface area (Å²) in [6.45, 7) is 2.57. The molecule has 2 aliphatic rings. The molecule has 0 aromatic carbocycles. The number of carbonyl (C=O) groups excluding carboxylic acids is 1. The molecule has 0 bridgehead atoms. The van der Waals surface area contributed by atoms with E-state index in [-0.39, 0.29) is 43.9 Å². The third-order valence-electron chi connectivity index (χ3n) is 7.16. The molecule has 1 heterocycles. The molecule has 0 spiro atoms. The lowest BCUT2D eigenvalue weighted by Crippen LogP contribution is -2.50. The van der Waals surface area contributed by atoms with Gasteiger partial charge in [-0.2, -0.15) is 0 Å². The van der Waals surface area contributed by atoms with Gasteiger partial charge >= 0.3 is 23.9 Å². The monoisotopic (exact) mass is 543 g/mol. The fourth-order valence-electron chi connectivity index (χ4n) is 4.92. The highest BCUT2D eigenvalue weighted by atomic mass is 16.4. The maximum atomic E-state index is 12.7. The summed E-state index contributed by atoms with van der Waals surface area (Å²) in [6, 6.07) is 0. The minimum absolute atomic E-state index is 0.0669. The lowest BCUT2D eigenvalue weighted by atomic mass is 9.82. The Morgan fingerprint density at radius 1 is 0.553 bits per heavy atom. The summed E-state index contributed by atoms with van der Waals surface area (Å²) in [5, 5.41) is 39.9. The molecule has 1 saturated heterocycles. The molecule has 2 fully saturated rings. The molecule has 216 valence electrons. The van der Waals surface area contributed by atoms with Crippen molar-refractivity contribution in [3.63, 3.8) is 0 Å². The maximum Gasteiger partial charge on any atom is 0.317 e. The second-order valence-corrected chi connectivity index (χ2v) is 10.1. The number of nitrogens with zero attached hydrogens (tertiary/aromatic N) is 4. The number of aliphatic carboxylic acids is 4. The van der Waals surface area contributed by atoms with Crippen LogP contribution in [0.25, 0.3) is 0 Å². The number of carboxylic acid groups (broad SMARTS) is 4. The van der Waals surface area contributed by atoms with E-state index in [1.165, 1.54) is 0 Å². The van der Waals surface area contributed by atoms with E-state index < -0.39 is 23.9 Å². The minimum atomic E-state index is -1.02. The Hall–Kier alpha value is -2.81. The van der Waals surface area contributed by atoms with Crippen LogP contribution in [0.5, 0.6) is 0 Å². The summed E-state index contributed by atoms with van der Waals surface area (Å²) in [7, 11) is 0. The first kappa shape index (κ1) is 31.4. The quantitative estimate of drug-likeness (QED) is 0.202. The summed E-state index contributed by atoms with van der Waals surface area (Å²) in [4.78, 5) is 64.9. The summed E-state index contributed by atoms with van der Waals surface area (Å²) in [6.07, 6.45) is 2.69. The Kier molecular flexibility index (Phi) is 13.4. The van der Waals surface area contributed by atoms with Crippen LogP contribution in [0.4, 0.5) is 0 Å². The highest BCUT2D eigenvalue weighted by molar-refractivity contribution is 5.78. The van der Waals surface area contributed by atoms with E-state index in [1.54, 1.807) is 14.7 Å². The van der Waals surface area contributed by atoms with Crippen LogP contribution < -0.4 is 5.32 Å². The first-order valence-corrected chi connectivity index (χ1v) is 13.1. The summed E-state index contributed by atoms with van der Waals surface area (Å²) in [5.41, 5.74) is 0. The predicted octanol–water partition coefficient (Wildman–Crippen LogP) is -1.53. The number of rotatable bonds is 11. The van der Waals surface area contributed by atoms with Crippen LogP contribution >= 0.6 is 0 Å². The fourth-order valence-corrected chi connectivity index (χ4v) is 4.92. The highest BCUT2D eigenvalue weighted by Gasteiger charge is 2.26. The normalized spacial score (nSPS) is 23.6. The van der Waals surface area contributed by atoms with Crippen molar-refractivity contribution in [2.45, 2.75) is 25.7 Å². The zero-order chi connectivity index (χ0) is 28.1. The number of hydrogen-bond acceptors (Lipinski definition) is 9. The van der Waals surface area contributed by atoms with Gasteiger partial charge in [0.1, 0.15) is 0 Å². The van der Waals surface area contributed by atoms with E-state index in [1.807, 2.05) is 4.90 Å². The van der Waals surface area contributed by atoms with Crippen LogP contribution in [-0.4, -0.2) is 155 Å². The van der Waals surface area contributed by atoms with Crippen LogP contribution in [0, 0.1) is 11.8 Å². The van der Waals surface area contributed by atoms with Crippen molar-refractivity contribution in [3.05, 3.63) is 0 Å². The Balaban J connectivity index is 1.99. The van der Waals surface area contributed by atoms with Crippen molar-refractivity contribution in [2.75, 3.05) is 85.1 Å². The average Bonchev–Trinajstić information content (AvgIpc) is 2.83. The molecule has 38 heavy (non-hydrogen) atoms. The van der Waals surface area contributed by atoms with E-state index >= 15 is 0 Å². The lowest BCUT2D eigenvalue weighted by molar-refractivity contribution is -0.143. The molecule has 0 aromatic heterocycles. The molecule has 1 aliphatic heterocycles. The summed E-state index contributed by atoms with van der Waals surface area (Å²) in [5.74, 6) is -4.08. The second-order valence-electron chi connectivity index (χ2n) is 10.1. The average molecular weight is 544 g/mol. The molecule has 14 nitrogen and oxygen atoms in total. The fraction of sp³-hybridized carbons (Fsp3) is 0.792. The number of hydrogen-bond donors (Lipinski definition) is 5. The van der Waals surface area contributed by atoms with Gasteiger partial charge in [-0.25, -0.2) is 0 Å². The first-order valence-electron chi connectivity index (χ1n) is 13.1. The third kappa shape index (κ3) is 12.6. The van der Waals surface area contributed by atoms with E-state index in [2.05, 4.69) is 5.32 Å². The predicted molar refractivity (Wildman–Crippen MR) is 135 cm³/mol. The van der Waals surface area contributed by atoms with Gasteiger partial charge in [-0.3, -0.25) is 43.6 Å². The molecule has 14 heteroatoms. The minimum Gasteiger partial charge on any atom is -0.481 e. The molecule has 0 radical (unpaired) electrons. The highest BCUT2D eigenvalue weighted by Crippen LogP contribution is 2.28. The molecular formula is C24H41N5O9. The van der Waals surface area contributed by atoms with Crippen molar-refractivity contribution in [1.29, 1.82) is 0 Å². The molecule has 2 rings (SSSR count). The van der Waals surface area contributed by atoms with Gasteiger partial charge in [-0.1, -0.05) is 0 Å². The second kappa shape index (κ2) is 16.2. The van der Waals surface area contributed by atoms with Gasteiger partial charge in [0, 0.05) is 58.9 Å². The SMILES string of the molecule is O=C(O)CN1CCN(CC(=O)O)CCN(CC(=O)NCC2CCC(C(=O)O)CC2)CCN(CC(=O)O)CC1. The van der Waals surface area contributed by atoms with Crippen molar-refractivity contribution in [1.82, 2.24) is 24.9 Å². The molecule has 0 atom stereocenters. The molecule has 0 unspecified atom stereocenters. The Labute approximate surface area is 222 Å². The summed E-state index contributed by atoms with van der Waals surface area (Å²) >= 11 is 0. The van der Waals surface area contributed by atoms with Gasteiger partial charge in [0.2, 0.25) is 5.91 Å². The van der Waals surface area contributed by atoms with E-state index in [0.29, 0.717) is 71.7 Å². The van der Waals surface area contributed by atoms with Crippen molar-refractivity contribution in [2.24, 2.45) is 11.8 Å². The zero-order valence-corrected chi connectivity index (χ0v) is 21.8. The van der Waals surface area contributed by atoms with Gasteiger partial charge in [0.05, 0.1) is 32.1 Å². The molecular weight excluding hydrogens is 502 g/mol. The van der Waals surface area contributed by atoms with Crippen LogP contribution in [0.15, 0.2) is 0 Å². The topological polar surface area (TPSA) is 191 Å². The molecule has 1 aliphatic carbocycles. The first-order chi connectivity index (χ1) is 18.0. The number of carbonyl (C=O) groups is 5. The van der Waals surface area contributed by atoms with E-state index in [0.717, 1.165) is 12.8 Å². The van der Waals surface area contributed by atoms with Crippen LogP contribution in [-0.2, 0) is 24.0 Å². The number of nitrogens with one attached hydrogen (secondary N) is 1. The van der Waals surface area contributed by atoms with Crippen molar-refractivity contribution >= 4 is 29.8 Å². The standard InChI is InChI=1S/C24H41N5O9/c30-20(25-13-18-1-3-19(4-2-18)24(37)38)14-26-5-7-27(15-21(31)32)9-11-29(17-23(35)36)12-10-28(8-6-26)16-22(33)34/h18-19H,1-17H2,(H,25,30)(H,31,32)(H,33,34)(H,35,36)(H,37,38). The smallest absolute Gasteiger partial charge is 0.317 e. The van der Waals surface area contributed by atoms with Gasteiger partial charge in [0.25, 0.3) is 0 Å². The van der Waals surface area contributed by atoms with Crippen LogP contribution in [0.2, 0.25) is 0 Å². The molecule has 0 aromatic rings. The number of amides is 1. The van der Waals surface area contributed by atoms with E-state index in [9.17, 15) is 39.3 Å². The summed E-state index contributed by atoms with van der Waals surface area (Å²) < 4.78 is 0. The van der Waals surface area contributed by atoms with Crippen LogP contribution in [0.3, 0.4) is 0 Å². The van der Waals surface area contributed by atoms with Crippen molar-refractivity contribution in [3.8, 4) is 0 Å². The maximum absolute atomic E-state index is 12.7. The Morgan fingerprint density at radius 3 is 1.21 bits per heavy atom. The largest absolute Gasteiger partial charge is 0.481 e. The molecule has 1 amide bonds. The van der Waals surface area contributed by atoms with E-state index in [4.69, 9.17) is 5.11 Å². The Bertz CT molecular complexity index is 787. The van der Waals surface area contributed by atoms with Crippen LogP contribution in [0.1, 0.15) is 25.7 Å². The third-order valence-corrected chi connectivity index (χ3v) is 7.16. The molecule has 5 N–H and O–H groups in total. The molecule has 1 saturated carbocycles. The van der Waals surface area contributed by atoms with Gasteiger partial charge in [0.15, 0.2) is 0 Å². The van der Waals surface area contributed by atoms with Gasteiger partial charge in [-0.15, -0.1) is 0 Å². The zero-order valence-electron chi connectivity index (χ0n) is 21.8. The number of carboxylic acids is 4. The lowest BCUT2D eigenvalue weighted by Gasteiger charge is -2.33. The van der Waals surface area contributed by atoms with Crippen molar-refractivity contribution < 1.29 is 44.4 Å². The van der Waals surface area contributed by atoms with Gasteiger partial charge < -0.3 is 25.7 Å².